The fourth-order valence-corrected chi connectivity index (χ4v) is 4.46. The number of carbonyl (C=O) groups is 1. The largest absolute Gasteiger partial charge is 0.487 e. The van der Waals surface area contributed by atoms with E-state index in [-0.39, 0.29) is 12.0 Å². The quantitative estimate of drug-likeness (QED) is 0.439. The van der Waals surface area contributed by atoms with Crippen molar-refractivity contribution in [3.8, 4) is 17.2 Å². The van der Waals surface area contributed by atoms with Gasteiger partial charge in [0.2, 0.25) is 5.89 Å². The van der Waals surface area contributed by atoms with E-state index < -0.39 is 0 Å². The molecule has 33 heavy (non-hydrogen) atoms. The van der Waals surface area contributed by atoms with E-state index in [0.29, 0.717) is 19.0 Å². The second kappa shape index (κ2) is 10.2. The molecule has 0 aliphatic carbocycles. The molecule has 1 aromatic heterocycles. The van der Waals surface area contributed by atoms with Gasteiger partial charge in [0.25, 0.3) is 0 Å². The predicted molar refractivity (Wildman–Crippen MR) is 127 cm³/mol. The number of rotatable bonds is 8. The molecule has 0 amide bonds. The zero-order valence-corrected chi connectivity index (χ0v) is 19.9. The smallest absolute Gasteiger partial charge is 0.323 e. The van der Waals surface area contributed by atoms with Crippen molar-refractivity contribution in [3.63, 3.8) is 0 Å². The minimum Gasteiger partial charge on any atom is -0.487 e. The molecule has 0 saturated carbocycles. The molecular weight excluding hydrogens is 416 g/mol. The first-order valence-corrected chi connectivity index (χ1v) is 11.6. The Hall–Kier alpha value is -3.12. The Kier molecular flexibility index (Phi) is 7.14. The number of likely N-dealkylation sites (tertiary alicyclic amines) is 1. The highest BCUT2D eigenvalue weighted by atomic mass is 16.5. The van der Waals surface area contributed by atoms with E-state index in [1.807, 2.05) is 31.2 Å². The van der Waals surface area contributed by atoms with Crippen LogP contribution < -0.4 is 4.74 Å². The van der Waals surface area contributed by atoms with E-state index in [1.165, 1.54) is 18.2 Å². The Labute approximate surface area is 195 Å². The first-order valence-electron chi connectivity index (χ1n) is 11.6. The van der Waals surface area contributed by atoms with Crippen LogP contribution in [0.5, 0.6) is 5.75 Å². The normalized spacial score (nSPS) is 16.2. The molecule has 6 heteroatoms. The van der Waals surface area contributed by atoms with E-state index in [9.17, 15) is 4.79 Å². The lowest BCUT2D eigenvalue weighted by molar-refractivity contribution is -0.146. The Balaban J connectivity index is 1.49. The van der Waals surface area contributed by atoms with Crippen LogP contribution in [0.2, 0.25) is 0 Å². The molecule has 1 atom stereocenters. The summed E-state index contributed by atoms with van der Waals surface area (Å²) in [5, 5.41) is 0. The van der Waals surface area contributed by atoms with Crippen LogP contribution in [0.25, 0.3) is 11.5 Å². The summed E-state index contributed by atoms with van der Waals surface area (Å²) in [4.78, 5) is 19.0. The number of benzene rings is 2. The Bertz CT molecular complexity index is 1100. The van der Waals surface area contributed by atoms with Crippen LogP contribution in [0.1, 0.15) is 47.9 Å². The number of carbonyl (C=O) groups excluding carboxylic acids is 1. The minimum absolute atomic E-state index is 0.149. The van der Waals surface area contributed by atoms with Crippen LogP contribution in [0.4, 0.5) is 0 Å². The van der Waals surface area contributed by atoms with E-state index in [0.717, 1.165) is 54.1 Å². The van der Waals surface area contributed by atoms with Crippen LogP contribution in [0.3, 0.4) is 0 Å². The van der Waals surface area contributed by atoms with Crippen LogP contribution >= 0.6 is 0 Å². The molecular formula is C27H32N2O4. The van der Waals surface area contributed by atoms with Gasteiger partial charge in [0.05, 0.1) is 7.11 Å². The first kappa shape index (κ1) is 23.1. The number of hydrogen-bond acceptors (Lipinski definition) is 6. The molecule has 4 rings (SSSR count). The summed E-state index contributed by atoms with van der Waals surface area (Å²) < 4.78 is 17.1. The van der Waals surface area contributed by atoms with Crippen molar-refractivity contribution >= 4 is 5.97 Å². The minimum atomic E-state index is -0.165. The van der Waals surface area contributed by atoms with Gasteiger partial charge in [-0.2, -0.15) is 0 Å². The predicted octanol–water partition coefficient (Wildman–Crippen LogP) is 5.24. The number of oxazole rings is 1. The molecule has 0 spiro atoms. The summed E-state index contributed by atoms with van der Waals surface area (Å²) in [7, 11) is 1.46. The number of aromatic nitrogens is 1. The summed E-state index contributed by atoms with van der Waals surface area (Å²) in [6, 6.07) is 14.1. The third kappa shape index (κ3) is 5.11. The van der Waals surface area contributed by atoms with Crippen molar-refractivity contribution in [2.45, 2.75) is 59.2 Å². The van der Waals surface area contributed by atoms with Crippen molar-refractivity contribution < 1.29 is 18.7 Å². The average Bonchev–Trinajstić information content (AvgIpc) is 3.44. The van der Waals surface area contributed by atoms with Gasteiger partial charge in [-0.1, -0.05) is 36.8 Å². The van der Waals surface area contributed by atoms with Gasteiger partial charge in [-0.05, 0) is 69.0 Å². The molecule has 0 N–H and O–H groups in total. The number of ether oxygens (including phenoxy) is 2. The third-order valence-corrected chi connectivity index (χ3v) is 6.35. The maximum atomic E-state index is 12.1. The maximum absolute atomic E-state index is 12.1. The molecule has 174 valence electrons. The number of aryl methyl sites for hydroxylation is 2. The Morgan fingerprint density at radius 2 is 1.97 bits per heavy atom. The molecule has 3 aromatic rings. The van der Waals surface area contributed by atoms with E-state index in [1.54, 1.807) is 0 Å². The first-order chi connectivity index (χ1) is 16.0. The average molecular weight is 449 g/mol. The van der Waals surface area contributed by atoms with Crippen molar-refractivity contribution in [1.29, 1.82) is 0 Å². The van der Waals surface area contributed by atoms with Crippen molar-refractivity contribution in [3.05, 3.63) is 70.6 Å². The van der Waals surface area contributed by atoms with Gasteiger partial charge in [-0.25, -0.2) is 4.98 Å². The lowest BCUT2D eigenvalue weighted by Crippen LogP contribution is -2.36. The number of esters is 1. The highest BCUT2D eigenvalue weighted by Gasteiger charge is 2.31. The van der Waals surface area contributed by atoms with Gasteiger partial charge in [-0.15, -0.1) is 0 Å². The van der Waals surface area contributed by atoms with Crippen molar-refractivity contribution in [2.24, 2.45) is 0 Å². The van der Waals surface area contributed by atoms with Gasteiger partial charge in [0, 0.05) is 12.1 Å². The lowest BCUT2D eigenvalue weighted by Gasteiger charge is -2.24. The number of methoxy groups -OCH3 is 1. The molecule has 6 nitrogen and oxygen atoms in total. The molecule has 2 heterocycles. The highest BCUT2D eigenvalue weighted by molar-refractivity contribution is 5.76. The molecule has 1 aliphatic heterocycles. The van der Waals surface area contributed by atoms with E-state index in [2.05, 4.69) is 41.9 Å². The van der Waals surface area contributed by atoms with Gasteiger partial charge in [0.1, 0.15) is 29.9 Å². The second-order valence-corrected chi connectivity index (χ2v) is 8.58. The summed E-state index contributed by atoms with van der Waals surface area (Å²) in [6.07, 6.45) is 2.69. The fourth-order valence-electron chi connectivity index (χ4n) is 4.46. The van der Waals surface area contributed by atoms with E-state index >= 15 is 0 Å². The van der Waals surface area contributed by atoms with Crippen LogP contribution in [-0.4, -0.2) is 35.5 Å². The summed E-state index contributed by atoms with van der Waals surface area (Å²) in [6.45, 7) is 8.05. The third-order valence-electron chi connectivity index (χ3n) is 6.35. The molecule has 1 aliphatic rings. The topological polar surface area (TPSA) is 64.8 Å². The molecule has 0 bridgehead atoms. The molecule has 0 radical (unpaired) electrons. The van der Waals surface area contributed by atoms with Gasteiger partial charge in [0.15, 0.2) is 0 Å². The Morgan fingerprint density at radius 3 is 2.70 bits per heavy atom. The standard InChI is InChI=1S/C27H32N2O4/c1-5-22-21(16-29-15-7-9-24(29)27(30)31-4)8-6-10-25(22)32-17-23-19(3)33-26(28-23)20-13-11-18(2)12-14-20/h6,8,10-14,24H,5,7,9,15-17H2,1-4H3. The van der Waals surface area contributed by atoms with Gasteiger partial charge >= 0.3 is 5.97 Å². The SMILES string of the molecule is CCc1c(CN2CCCC2C(=O)OC)cccc1OCc1nc(-c2ccc(C)cc2)oc1C. The molecule has 1 fully saturated rings. The molecule has 2 aromatic carbocycles. The monoisotopic (exact) mass is 448 g/mol. The van der Waals surface area contributed by atoms with Crippen molar-refractivity contribution in [1.82, 2.24) is 9.88 Å². The number of nitrogens with zero attached hydrogens (tertiary/aromatic N) is 2. The van der Waals surface area contributed by atoms with Gasteiger partial charge in [-0.3, -0.25) is 9.69 Å². The fraction of sp³-hybridized carbons (Fsp3) is 0.407. The zero-order valence-electron chi connectivity index (χ0n) is 19.9. The highest BCUT2D eigenvalue weighted by Crippen LogP contribution is 2.29. The van der Waals surface area contributed by atoms with Crippen LogP contribution in [0, 0.1) is 13.8 Å². The van der Waals surface area contributed by atoms with Crippen molar-refractivity contribution in [2.75, 3.05) is 13.7 Å². The summed E-state index contributed by atoms with van der Waals surface area (Å²) in [5.41, 5.74) is 5.29. The summed E-state index contributed by atoms with van der Waals surface area (Å²) >= 11 is 0. The van der Waals surface area contributed by atoms with Crippen LogP contribution in [-0.2, 0) is 29.1 Å². The zero-order chi connectivity index (χ0) is 23.4. The molecule has 1 unspecified atom stereocenters. The summed E-state index contributed by atoms with van der Waals surface area (Å²) in [5.74, 6) is 2.07. The van der Waals surface area contributed by atoms with E-state index in [4.69, 9.17) is 13.9 Å². The van der Waals surface area contributed by atoms with Crippen LogP contribution in [0.15, 0.2) is 46.9 Å². The maximum Gasteiger partial charge on any atom is 0.323 e. The second-order valence-electron chi connectivity index (χ2n) is 8.58. The lowest BCUT2D eigenvalue weighted by atomic mass is 10.0. The number of hydrogen-bond donors (Lipinski definition) is 0. The molecule has 1 saturated heterocycles. The Morgan fingerprint density at radius 1 is 1.18 bits per heavy atom. The van der Waals surface area contributed by atoms with Gasteiger partial charge < -0.3 is 13.9 Å².